The molecule has 0 bridgehead atoms. The SMILES string of the molecule is O=C(O)c1coc(CN2C(=O)CSC2=O)c1. The maximum atomic E-state index is 11.3. The van der Waals surface area contributed by atoms with Crippen molar-refractivity contribution in [2.24, 2.45) is 0 Å². The number of carbonyl (C=O) groups is 3. The van der Waals surface area contributed by atoms with Crippen LogP contribution in [0.2, 0.25) is 0 Å². The van der Waals surface area contributed by atoms with Gasteiger partial charge in [-0.25, -0.2) is 4.79 Å². The third kappa shape index (κ3) is 1.94. The summed E-state index contributed by atoms with van der Waals surface area (Å²) in [5, 5.41) is 8.32. The Balaban J connectivity index is 2.11. The summed E-state index contributed by atoms with van der Waals surface area (Å²) in [5.41, 5.74) is 0.00162. The van der Waals surface area contributed by atoms with Gasteiger partial charge in [0, 0.05) is 0 Å². The smallest absolute Gasteiger partial charge is 0.338 e. The first-order chi connectivity index (χ1) is 7.58. The van der Waals surface area contributed by atoms with E-state index in [1.165, 1.54) is 6.07 Å². The lowest BCUT2D eigenvalue weighted by Gasteiger charge is -2.09. The second kappa shape index (κ2) is 4.01. The molecule has 1 aromatic heterocycles. The van der Waals surface area contributed by atoms with Gasteiger partial charge in [0.25, 0.3) is 5.24 Å². The zero-order chi connectivity index (χ0) is 11.7. The van der Waals surface area contributed by atoms with Crippen molar-refractivity contribution < 1.29 is 23.9 Å². The zero-order valence-electron chi connectivity index (χ0n) is 8.00. The molecule has 84 valence electrons. The lowest BCUT2D eigenvalue weighted by molar-refractivity contribution is -0.125. The minimum atomic E-state index is -1.11. The lowest BCUT2D eigenvalue weighted by atomic mass is 10.3. The van der Waals surface area contributed by atoms with Crippen LogP contribution in [-0.4, -0.2) is 32.9 Å². The van der Waals surface area contributed by atoms with Gasteiger partial charge in [0.15, 0.2) is 0 Å². The summed E-state index contributed by atoms with van der Waals surface area (Å²) in [6.45, 7) is -0.0159. The van der Waals surface area contributed by atoms with Crippen LogP contribution in [0.4, 0.5) is 4.79 Å². The Hall–Kier alpha value is -1.76. The van der Waals surface area contributed by atoms with E-state index in [-0.39, 0.29) is 34.8 Å². The zero-order valence-corrected chi connectivity index (χ0v) is 8.82. The second-order valence-corrected chi connectivity index (χ2v) is 4.07. The van der Waals surface area contributed by atoms with E-state index in [9.17, 15) is 14.4 Å². The highest BCUT2D eigenvalue weighted by molar-refractivity contribution is 8.14. The molecule has 1 aliphatic heterocycles. The Labute approximate surface area is 94.2 Å². The molecule has 1 aromatic rings. The van der Waals surface area contributed by atoms with Crippen LogP contribution in [0, 0.1) is 0 Å². The van der Waals surface area contributed by atoms with E-state index >= 15 is 0 Å². The molecule has 6 nitrogen and oxygen atoms in total. The summed E-state index contributed by atoms with van der Waals surface area (Å²) in [6.07, 6.45) is 1.08. The van der Waals surface area contributed by atoms with Gasteiger partial charge in [-0.3, -0.25) is 14.5 Å². The van der Waals surface area contributed by atoms with Gasteiger partial charge in [-0.1, -0.05) is 11.8 Å². The number of hydrogen-bond acceptors (Lipinski definition) is 5. The van der Waals surface area contributed by atoms with E-state index in [4.69, 9.17) is 9.52 Å². The largest absolute Gasteiger partial charge is 0.478 e. The number of rotatable bonds is 3. The highest BCUT2D eigenvalue weighted by Crippen LogP contribution is 2.21. The summed E-state index contributed by atoms with van der Waals surface area (Å²) in [7, 11) is 0. The first kappa shape index (κ1) is 10.7. The van der Waals surface area contributed by atoms with Crippen molar-refractivity contribution >= 4 is 28.9 Å². The van der Waals surface area contributed by atoms with Crippen LogP contribution >= 0.6 is 11.8 Å². The van der Waals surface area contributed by atoms with E-state index < -0.39 is 5.97 Å². The molecule has 2 rings (SSSR count). The third-order valence-corrected chi connectivity index (χ3v) is 2.91. The number of imide groups is 1. The number of aromatic carboxylic acids is 1. The van der Waals surface area contributed by atoms with Crippen molar-refractivity contribution in [1.82, 2.24) is 4.90 Å². The Morgan fingerprint density at radius 1 is 1.56 bits per heavy atom. The molecule has 7 heteroatoms. The molecule has 0 aliphatic carbocycles. The van der Waals surface area contributed by atoms with Gasteiger partial charge in [-0.2, -0.15) is 0 Å². The summed E-state index contributed by atoms with van der Waals surface area (Å²) >= 11 is 0.925. The molecule has 2 amide bonds. The van der Waals surface area contributed by atoms with Crippen molar-refractivity contribution in [2.75, 3.05) is 5.75 Å². The van der Waals surface area contributed by atoms with Gasteiger partial charge >= 0.3 is 5.97 Å². The number of nitrogens with zero attached hydrogens (tertiary/aromatic N) is 1. The Bertz CT molecular complexity index is 450. The molecular weight excluding hydrogens is 234 g/mol. The highest BCUT2D eigenvalue weighted by Gasteiger charge is 2.30. The average molecular weight is 241 g/mol. The lowest BCUT2D eigenvalue weighted by Crippen LogP contribution is -2.27. The van der Waals surface area contributed by atoms with Crippen LogP contribution in [0.1, 0.15) is 16.1 Å². The molecule has 1 aliphatic rings. The predicted octanol–water partition coefficient (Wildman–Crippen LogP) is 1.17. The van der Waals surface area contributed by atoms with Gasteiger partial charge in [-0.05, 0) is 6.07 Å². The van der Waals surface area contributed by atoms with Crippen LogP contribution in [0.3, 0.4) is 0 Å². The average Bonchev–Trinajstić information content (AvgIpc) is 2.80. The van der Waals surface area contributed by atoms with Crippen molar-refractivity contribution in [2.45, 2.75) is 6.54 Å². The van der Waals surface area contributed by atoms with Gasteiger partial charge < -0.3 is 9.52 Å². The van der Waals surface area contributed by atoms with E-state index in [2.05, 4.69) is 0 Å². The molecule has 0 radical (unpaired) electrons. The summed E-state index contributed by atoms with van der Waals surface area (Å²) in [4.78, 5) is 34.1. The molecule has 0 saturated carbocycles. The molecule has 16 heavy (non-hydrogen) atoms. The Morgan fingerprint density at radius 2 is 2.31 bits per heavy atom. The number of carboxylic acids is 1. The topological polar surface area (TPSA) is 87.8 Å². The van der Waals surface area contributed by atoms with Crippen molar-refractivity contribution in [3.8, 4) is 0 Å². The van der Waals surface area contributed by atoms with Gasteiger partial charge in [0.2, 0.25) is 5.91 Å². The van der Waals surface area contributed by atoms with Crippen LogP contribution < -0.4 is 0 Å². The number of amides is 2. The Kier molecular flexibility index (Phi) is 2.69. The summed E-state index contributed by atoms with van der Waals surface area (Å²) < 4.78 is 4.95. The molecular formula is C9H7NO5S. The quantitative estimate of drug-likeness (QED) is 0.854. The van der Waals surface area contributed by atoms with Crippen LogP contribution in [0.5, 0.6) is 0 Å². The summed E-state index contributed by atoms with van der Waals surface area (Å²) in [5.74, 6) is -0.987. The fraction of sp³-hybridized carbons (Fsp3) is 0.222. The van der Waals surface area contributed by atoms with Crippen molar-refractivity contribution in [3.63, 3.8) is 0 Å². The normalized spacial score (nSPS) is 15.9. The Morgan fingerprint density at radius 3 is 2.81 bits per heavy atom. The van der Waals surface area contributed by atoms with E-state index in [1.807, 2.05) is 0 Å². The van der Waals surface area contributed by atoms with Gasteiger partial charge in [0.1, 0.15) is 12.0 Å². The van der Waals surface area contributed by atoms with Crippen molar-refractivity contribution in [1.29, 1.82) is 0 Å². The molecule has 1 N–H and O–H groups in total. The van der Waals surface area contributed by atoms with Crippen LogP contribution in [0.25, 0.3) is 0 Å². The molecule has 1 fully saturated rings. The van der Waals surface area contributed by atoms with E-state index in [0.29, 0.717) is 0 Å². The number of hydrogen-bond donors (Lipinski definition) is 1. The fourth-order valence-electron chi connectivity index (χ4n) is 1.27. The second-order valence-electron chi connectivity index (χ2n) is 3.14. The molecule has 1 saturated heterocycles. The molecule has 0 atom stereocenters. The minimum absolute atomic E-state index is 0.00162. The van der Waals surface area contributed by atoms with Crippen LogP contribution in [0.15, 0.2) is 16.7 Å². The fourth-order valence-corrected chi connectivity index (χ4v) is 1.99. The molecule has 2 heterocycles. The predicted molar refractivity (Wildman–Crippen MR) is 54.1 cm³/mol. The molecule has 0 aromatic carbocycles. The third-order valence-electron chi connectivity index (χ3n) is 2.06. The minimum Gasteiger partial charge on any atom is -0.478 e. The van der Waals surface area contributed by atoms with Crippen molar-refractivity contribution in [3.05, 3.63) is 23.7 Å². The number of carboxylic acid groups (broad SMARTS) is 1. The number of furan rings is 1. The first-order valence-corrected chi connectivity index (χ1v) is 5.34. The maximum absolute atomic E-state index is 11.3. The standard InChI is InChI=1S/C9H7NO5S/c11-7-4-16-9(14)10(7)2-6-1-5(3-15-6)8(12)13/h1,3H,2,4H2,(H,12,13). The van der Waals surface area contributed by atoms with E-state index in [0.717, 1.165) is 22.9 Å². The van der Waals surface area contributed by atoms with Gasteiger partial charge in [-0.15, -0.1) is 0 Å². The van der Waals surface area contributed by atoms with Crippen LogP contribution in [-0.2, 0) is 11.3 Å². The number of thioether (sulfide) groups is 1. The van der Waals surface area contributed by atoms with Gasteiger partial charge in [0.05, 0.1) is 17.9 Å². The molecule has 0 spiro atoms. The maximum Gasteiger partial charge on any atom is 0.338 e. The highest BCUT2D eigenvalue weighted by atomic mass is 32.2. The first-order valence-electron chi connectivity index (χ1n) is 4.36. The molecule has 0 unspecified atom stereocenters. The monoisotopic (exact) mass is 241 g/mol. The summed E-state index contributed by atoms with van der Waals surface area (Å²) in [6, 6.07) is 1.30. The van der Waals surface area contributed by atoms with E-state index in [1.54, 1.807) is 0 Å². The number of carbonyl (C=O) groups excluding carboxylic acids is 2.